The molecular weight excluding hydrogens is 336 g/mol. The van der Waals surface area contributed by atoms with Crippen molar-refractivity contribution in [3.63, 3.8) is 0 Å². The van der Waals surface area contributed by atoms with E-state index < -0.39 is 0 Å². The quantitative estimate of drug-likeness (QED) is 0.857. The van der Waals surface area contributed by atoms with Gasteiger partial charge < -0.3 is 15.0 Å². The van der Waals surface area contributed by atoms with E-state index in [4.69, 9.17) is 9.84 Å². The highest BCUT2D eigenvalue weighted by Crippen LogP contribution is 2.32. The van der Waals surface area contributed by atoms with E-state index in [1.165, 1.54) is 22.8 Å². The van der Waals surface area contributed by atoms with Crippen LogP contribution in [0.15, 0.2) is 30.3 Å². The van der Waals surface area contributed by atoms with Gasteiger partial charge >= 0.3 is 0 Å². The van der Waals surface area contributed by atoms with Gasteiger partial charge in [-0.3, -0.25) is 0 Å². The van der Waals surface area contributed by atoms with E-state index in [0.29, 0.717) is 5.92 Å². The van der Waals surface area contributed by atoms with Crippen LogP contribution in [0.3, 0.4) is 0 Å². The van der Waals surface area contributed by atoms with Crippen LogP contribution in [0, 0.1) is 0 Å². The zero-order valence-corrected chi connectivity index (χ0v) is 16.8. The van der Waals surface area contributed by atoms with Crippen LogP contribution in [-0.2, 0) is 11.3 Å². The van der Waals surface area contributed by atoms with E-state index in [2.05, 4.69) is 66.0 Å². The Bertz CT molecular complexity index is 721. The van der Waals surface area contributed by atoms with Crippen LogP contribution in [-0.4, -0.2) is 41.6 Å². The molecule has 1 fully saturated rings. The van der Waals surface area contributed by atoms with E-state index in [0.717, 1.165) is 45.4 Å². The van der Waals surface area contributed by atoms with Crippen LogP contribution < -0.4 is 10.2 Å². The van der Waals surface area contributed by atoms with Crippen molar-refractivity contribution in [1.29, 1.82) is 0 Å². The van der Waals surface area contributed by atoms with Gasteiger partial charge in [0.25, 0.3) is 0 Å². The molecule has 1 aromatic heterocycles. The number of fused-ring (bicyclic) bond motifs is 1. The van der Waals surface area contributed by atoms with Crippen molar-refractivity contribution < 1.29 is 4.74 Å². The number of rotatable bonds is 5. The lowest BCUT2D eigenvalue weighted by atomic mass is 9.91. The second-order valence-corrected chi connectivity index (χ2v) is 8.05. The second kappa shape index (κ2) is 7.93. The lowest BCUT2D eigenvalue weighted by Crippen LogP contribution is -2.45. The highest BCUT2D eigenvalue weighted by Gasteiger charge is 2.24. The average molecular weight is 369 g/mol. The number of anilines is 2. The Labute approximate surface area is 162 Å². The summed E-state index contributed by atoms with van der Waals surface area (Å²) in [5.74, 6) is 1.54. The molecule has 2 aliphatic heterocycles. The largest absolute Gasteiger partial charge is 0.372 e. The van der Waals surface area contributed by atoms with Crippen LogP contribution in [0.25, 0.3) is 0 Å². The van der Waals surface area contributed by atoms with Gasteiger partial charge in [0, 0.05) is 43.9 Å². The molecule has 0 bridgehead atoms. The van der Waals surface area contributed by atoms with Crippen molar-refractivity contribution in [3.8, 4) is 0 Å². The fourth-order valence-corrected chi connectivity index (χ4v) is 4.45. The van der Waals surface area contributed by atoms with Crippen molar-refractivity contribution in [2.24, 2.45) is 0 Å². The van der Waals surface area contributed by atoms with Gasteiger partial charge in [-0.2, -0.15) is 5.10 Å². The molecule has 0 saturated carbocycles. The van der Waals surface area contributed by atoms with Crippen molar-refractivity contribution in [3.05, 3.63) is 41.6 Å². The van der Waals surface area contributed by atoms with Crippen LogP contribution >= 0.6 is 0 Å². The maximum atomic E-state index is 5.87. The molecule has 2 aliphatic rings. The van der Waals surface area contributed by atoms with E-state index in [9.17, 15) is 0 Å². The maximum absolute atomic E-state index is 5.87. The zero-order valence-electron chi connectivity index (χ0n) is 16.8. The van der Waals surface area contributed by atoms with Gasteiger partial charge in [-0.05, 0) is 44.4 Å². The first-order valence-electron chi connectivity index (χ1n) is 10.5. The summed E-state index contributed by atoms with van der Waals surface area (Å²) >= 11 is 0. The second-order valence-electron chi connectivity index (χ2n) is 8.05. The lowest BCUT2D eigenvalue weighted by molar-refractivity contribution is -0.00521. The van der Waals surface area contributed by atoms with Crippen LogP contribution in [0.4, 0.5) is 11.5 Å². The van der Waals surface area contributed by atoms with Crippen LogP contribution in [0.2, 0.25) is 0 Å². The van der Waals surface area contributed by atoms with Gasteiger partial charge in [0.1, 0.15) is 5.82 Å². The number of nitrogens with zero attached hydrogens (tertiary/aromatic N) is 3. The Morgan fingerprint density at radius 1 is 1.19 bits per heavy atom. The number of nitrogens with one attached hydrogen (secondary N) is 1. The van der Waals surface area contributed by atoms with Crippen LogP contribution in [0.1, 0.15) is 57.2 Å². The Morgan fingerprint density at radius 3 is 2.59 bits per heavy atom. The predicted octanol–water partition coefficient (Wildman–Crippen LogP) is 4.24. The van der Waals surface area contributed by atoms with Crippen molar-refractivity contribution in [2.45, 2.75) is 64.7 Å². The molecule has 0 spiro atoms. The number of aromatic nitrogens is 2. The van der Waals surface area contributed by atoms with Crippen molar-refractivity contribution >= 4 is 11.5 Å². The molecule has 5 nitrogen and oxygen atoms in total. The topological polar surface area (TPSA) is 42.3 Å². The number of morpholine rings is 1. The van der Waals surface area contributed by atoms with Gasteiger partial charge in [0.15, 0.2) is 0 Å². The number of benzene rings is 1. The van der Waals surface area contributed by atoms with Crippen molar-refractivity contribution in [2.75, 3.05) is 29.9 Å². The Balaban J connectivity index is 1.55. The summed E-state index contributed by atoms with van der Waals surface area (Å²) in [5, 5.41) is 8.38. The van der Waals surface area contributed by atoms with Crippen molar-refractivity contribution in [1.82, 2.24) is 9.78 Å². The fourth-order valence-electron chi connectivity index (χ4n) is 4.45. The Hall–Kier alpha value is -2.01. The first-order chi connectivity index (χ1) is 13.1. The minimum Gasteiger partial charge on any atom is -0.372 e. The molecule has 0 radical (unpaired) electrons. The molecule has 3 heterocycles. The summed E-state index contributed by atoms with van der Waals surface area (Å²) in [6, 6.07) is 11.4. The third-order valence-electron chi connectivity index (χ3n) is 5.67. The molecule has 2 aromatic rings. The van der Waals surface area contributed by atoms with E-state index in [1.807, 2.05) is 0 Å². The van der Waals surface area contributed by atoms with Gasteiger partial charge in [-0.25, -0.2) is 4.68 Å². The zero-order chi connectivity index (χ0) is 18.8. The number of ether oxygens (including phenoxy) is 1. The first kappa shape index (κ1) is 18.4. The molecule has 0 amide bonds. The monoisotopic (exact) mass is 368 g/mol. The molecule has 27 heavy (non-hydrogen) atoms. The lowest BCUT2D eigenvalue weighted by Gasteiger charge is -2.37. The third kappa shape index (κ3) is 3.98. The van der Waals surface area contributed by atoms with Crippen LogP contribution in [0.5, 0.6) is 0 Å². The maximum Gasteiger partial charge on any atom is 0.124 e. The summed E-state index contributed by atoms with van der Waals surface area (Å²) in [6.07, 6.45) is 4.00. The molecule has 3 unspecified atom stereocenters. The molecular formula is C22H32N4O. The molecule has 1 N–H and O–H groups in total. The van der Waals surface area contributed by atoms with E-state index in [1.54, 1.807) is 0 Å². The average Bonchev–Trinajstić information content (AvgIpc) is 3.09. The summed E-state index contributed by atoms with van der Waals surface area (Å²) in [4.78, 5) is 2.44. The molecule has 0 aliphatic carbocycles. The van der Waals surface area contributed by atoms with Gasteiger partial charge in [-0.1, -0.05) is 25.5 Å². The number of hydrogen-bond donors (Lipinski definition) is 1. The Morgan fingerprint density at radius 2 is 1.93 bits per heavy atom. The SMILES string of the molecule is CCCC(c1ccc(N2CC(C)OC(C)C2)cc1)c1cc2n(n1)CCCN2. The third-order valence-corrected chi connectivity index (χ3v) is 5.67. The summed E-state index contributed by atoms with van der Waals surface area (Å²) in [7, 11) is 0. The smallest absolute Gasteiger partial charge is 0.124 e. The minimum atomic E-state index is 0.283. The molecule has 3 atom stereocenters. The van der Waals surface area contributed by atoms with Gasteiger partial charge in [0.2, 0.25) is 0 Å². The predicted molar refractivity (Wildman–Crippen MR) is 111 cm³/mol. The molecule has 4 rings (SSSR count). The molecule has 1 saturated heterocycles. The van der Waals surface area contributed by atoms with E-state index >= 15 is 0 Å². The molecule has 146 valence electrons. The normalized spacial score (nSPS) is 23.6. The molecule has 5 heteroatoms. The standard InChI is InChI=1S/C22H32N4O/c1-4-6-20(21-13-22-23-11-5-12-26(22)24-21)18-7-9-19(10-8-18)25-14-16(2)27-17(3)15-25/h7-10,13,16-17,20,23H,4-6,11-12,14-15H2,1-3H3. The van der Waals surface area contributed by atoms with Gasteiger partial charge in [-0.15, -0.1) is 0 Å². The first-order valence-corrected chi connectivity index (χ1v) is 10.5. The summed E-state index contributed by atoms with van der Waals surface area (Å²) in [6.45, 7) is 10.6. The summed E-state index contributed by atoms with van der Waals surface area (Å²) < 4.78 is 8.00. The Kier molecular flexibility index (Phi) is 5.39. The molecule has 1 aromatic carbocycles. The van der Waals surface area contributed by atoms with Gasteiger partial charge in [0.05, 0.1) is 17.9 Å². The fraction of sp³-hybridized carbons (Fsp3) is 0.591. The summed E-state index contributed by atoms with van der Waals surface area (Å²) in [5.41, 5.74) is 3.86. The highest BCUT2D eigenvalue weighted by atomic mass is 16.5. The minimum absolute atomic E-state index is 0.283. The number of hydrogen-bond acceptors (Lipinski definition) is 4. The van der Waals surface area contributed by atoms with E-state index in [-0.39, 0.29) is 12.2 Å². The number of aryl methyl sites for hydroxylation is 1. The highest BCUT2D eigenvalue weighted by molar-refractivity contribution is 5.50.